The summed E-state index contributed by atoms with van der Waals surface area (Å²) in [6.07, 6.45) is 2.20. The number of nitrogens with zero attached hydrogens (tertiary/aromatic N) is 2. The van der Waals surface area contributed by atoms with E-state index in [1.807, 2.05) is 11.4 Å². The average Bonchev–Trinajstić information content (AvgIpc) is 2.78. The lowest BCUT2D eigenvalue weighted by molar-refractivity contribution is 0.656. The molecule has 0 fully saturated rings. The van der Waals surface area contributed by atoms with Crippen LogP contribution in [-0.4, -0.2) is 9.55 Å². The minimum atomic E-state index is -0.295. The Kier molecular flexibility index (Phi) is 3.63. The molecule has 3 nitrogen and oxygen atoms in total. The van der Waals surface area contributed by atoms with Gasteiger partial charge in [-0.1, -0.05) is 23.2 Å². The second-order valence-electron chi connectivity index (χ2n) is 3.23. The van der Waals surface area contributed by atoms with Gasteiger partial charge in [-0.05, 0) is 28.8 Å². The van der Waals surface area contributed by atoms with E-state index in [2.05, 4.69) is 10.4 Å². The van der Waals surface area contributed by atoms with Crippen molar-refractivity contribution in [2.75, 3.05) is 0 Å². The van der Waals surface area contributed by atoms with Crippen molar-refractivity contribution in [3.63, 3.8) is 0 Å². The second kappa shape index (κ2) is 4.99. The quantitative estimate of drug-likeness (QED) is 0.807. The molecule has 6 heteroatoms. The Morgan fingerprint density at radius 3 is 2.94 bits per heavy atom. The minimum Gasteiger partial charge on any atom is -0.298 e. The predicted molar refractivity (Wildman–Crippen MR) is 66.5 cm³/mol. The fourth-order valence-corrected chi connectivity index (χ4v) is 2.27. The largest absolute Gasteiger partial charge is 0.298 e. The molecule has 0 bridgehead atoms. The number of hydrogen-bond donors (Lipinski definition) is 0. The van der Waals surface area contributed by atoms with Crippen molar-refractivity contribution in [2.24, 2.45) is 0 Å². The van der Waals surface area contributed by atoms with Gasteiger partial charge in [0.15, 0.2) is 5.15 Å². The molecular weight excluding hydrogens is 267 g/mol. The van der Waals surface area contributed by atoms with Crippen molar-refractivity contribution in [1.29, 1.82) is 0 Å². The first-order valence-electron chi connectivity index (χ1n) is 4.60. The van der Waals surface area contributed by atoms with Gasteiger partial charge in [0.2, 0.25) is 0 Å². The number of rotatable bonds is 3. The van der Waals surface area contributed by atoms with Gasteiger partial charge in [0.1, 0.15) is 5.02 Å². The fourth-order valence-electron chi connectivity index (χ4n) is 1.29. The van der Waals surface area contributed by atoms with Gasteiger partial charge in [0.05, 0.1) is 6.33 Å². The van der Waals surface area contributed by atoms with Crippen molar-refractivity contribution in [1.82, 2.24) is 9.55 Å². The molecule has 0 saturated heterocycles. The zero-order valence-corrected chi connectivity index (χ0v) is 10.5. The van der Waals surface area contributed by atoms with Gasteiger partial charge in [-0.2, -0.15) is 11.3 Å². The van der Waals surface area contributed by atoms with Gasteiger partial charge >= 0.3 is 0 Å². The first-order chi connectivity index (χ1) is 7.68. The molecule has 16 heavy (non-hydrogen) atoms. The summed E-state index contributed by atoms with van der Waals surface area (Å²) in [7, 11) is 0. The van der Waals surface area contributed by atoms with Crippen LogP contribution in [0.15, 0.2) is 27.9 Å². The maximum atomic E-state index is 11.7. The molecule has 0 saturated carbocycles. The van der Waals surface area contributed by atoms with Crippen LogP contribution < -0.4 is 5.56 Å². The minimum absolute atomic E-state index is 0.0190. The smallest absolute Gasteiger partial charge is 0.273 e. The van der Waals surface area contributed by atoms with Crippen molar-refractivity contribution < 1.29 is 0 Å². The van der Waals surface area contributed by atoms with E-state index < -0.39 is 0 Å². The van der Waals surface area contributed by atoms with Crippen molar-refractivity contribution >= 4 is 34.5 Å². The fraction of sp³-hybridized carbons (Fsp3) is 0.200. The second-order valence-corrected chi connectivity index (χ2v) is 4.75. The van der Waals surface area contributed by atoms with Gasteiger partial charge in [0.25, 0.3) is 5.56 Å². The van der Waals surface area contributed by atoms with Crippen LogP contribution in [0, 0.1) is 0 Å². The maximum Gasteiger partial charge on any atom is 0.273 e. The molecule has 84 valence electrons. The molecule has 0 amide bonds. The number of hydrogen-bond acceptors (Lipinski definition) is 3. The lowest BCUT2D eigenvalue weighted by Gasteiger charge is -2.04. The lowest BCUT2D eigenvalue weighted by atomic mass is 10.2. The highest BCUT2D eigenvalue weighted by atomic mass is 35.5. The molecule has 0 N–H and O–H groups in total. The Hall–Kier alpha value is -0.840. The van der Waals surface area contributed by atoms with E-state index in [4.69, 9.17) is 23.2 Å². The molecule has 0 spiro atoms. The predicted octanol–water partition coefficient (Wildman–Crippen LogP) is 2.85. The Morgan fingerprint density at radius 1 is 1.44 bits per heavy atom. The van der Waals surface area contributed by atoms with Crippen molar-refractivity contribution in [3.05, 3.63) is 49.2 Å². The van der Waals surface area contributed by atoms with Crippen LogP contribution in [0.25, 0.3) is 0 Å². The van der Waals surface area contributed by atoms with E-state index in [1.54, 1.807) is 11.3 Å². The Morgan fingerprint density at radius 2 is 2.25 bits per heavy atom. The Bertz CT molecular complexity index is 536. The van der Waals surface area contributed by atoms with Crippen LogP contribution in [0.5, 0.6) is 0 Å². The van der Waals surface area contributed by atoms with E-state index in [9.17, 15) is 4.79 Å². The van der Waals surface area contributed by atoms with Gasteiger partial charge < -0.3 is 0 Å². The van der Waals surface area contributed by atoms with Gasteiger partial charge in [0, 0.05) is 6.54 Å². The van der Waals surface area contributed by atoms with Gasteiger partial charge in [-0.25, -0.2) is 4.98 Å². The van der Waals surface area contributed by atoms with Crippen LogP contribution in [0.2, 0.25) is 10.2 Å². The molecular formula is C10H8Cl2N2OS. The van der Waals surface area contributed by atoms with Crippen molar-refractivity contribution in [3.8, 4) is 0 Å². The number of halogens is 2. The third-order valence-electron chi connectivity index (χ3n) is 2.16. The third-order valence-corrected chi connectivity index (χ3v) is 3.62. The highest BCUT2D eigenvalue weighted by molar-refractivity contribution is 7.07. The molecule has 0 aliphatic rings. The average molecular weight is 275 g/mol. The first kappa shape index (κ1) is 11.6. The summed E-state index contributed by atoms with van der Waals surface area (Å²) in [4.78, 5) is 15.5. The molecule has 0 atom stereocenters. The molecule has 0 radical (unpaired) electrons. The highest BCUT2D eigenvalue weighted by Gasteiger charge is 2.07. The summed E-state index contributed by atoms with van der Waals surface area (Å²) in [6.45, 7) is 0.555. The monoisotopic (exact) mass is 274 g/mol. The van der Waals surface area contributed by atoms with E-state index >= 15 is 0 Å². The zero-order valence-electron chi connectivity index (χ0n) is 8.19. The SMILES string of the molecule is O=c1c(Cl)c(Cl)ncn1CCc1ccsc1. The van der Waals surface area contributed by atoms with E-state index in [0.717, 1.165) is 6.42 Å². The molecule has 2 heterocycles. The molecule has 0 aliphatic heterocycles. The van der Waals surface area contributed by atoms with Gasteiger partial charge in [-0.15, -0.1) is 0 Å². The van der Waals surface area contributed by atoms with Crippen LogP contribution in [-0.2, 0) is 13.0 Å². The first-order valence-corrected chi connectivity index (χ1v) is 6.30. The van der Waals surface area contributed by atoms with Crippen LogP contribution in [0.4, 0.5) is 0 Å². The molecule has 0 unspecified atom stereocenters. The van der Waals surface area contributed by atoms with Crippen LogP contribution >= 0.6 is 34.5 Å². The zero-order chi connectivity index (χ0) is 11.5. The molecule has 0 aromatic carbocycles. The number of aromatic nitrogens is 2. The van der Waals surface area contributed by atoms with E-state index in [1.165, 1.54) is 16.5 Å². The molecule has 2 aromatic heterocycles. The van der Waals surface area contributed by atoms with Crippen molar-refractivity contribution in [2.45, 2.75) is 13.0 Å². The summed E-state index contributed by atoms with van der Waals surface area (Å²) >= 11 is 13.0. The van der Waals surface area contributed by atoms with Gasteiger partial charge in [-0.3, -0.25) is 9.36 Å². The standard InChI is InChI=1S/C10H8Cl2N2OS/c11-8-9(12)13-6-14(10(8)15)3-1-7-2-4-16-5-7/h2,4-6H,1,3H2. The third kappa shape index (κ3) is 2.45. The van der Waals surface area contributed by atoms with E-state index in [0.29, 0.717) is 6.54 Å². The topological polar surface area (TPSA) is 34.9 Å². The summed E-state index contributed by atoms with van der Waals surface area (Å²) in [5.41, 5.74) is 0.903. The normalized spacial score (nSPS) is 10.6. The summed E-state index contributed by atoms with van der Waals surface area (Å²) < 4.78 is 1.46. The number of thiophene rings is 1. The molecule has 2 rings (SSSR count). The molecule has 0 aliphatic carbocycles. The summed E-state index contributed by atoms with van der Waals surface area (Å²) in [5.74, 6) is 0. The summed E-state index contributed by atoms with van der Waals surface area (Å²) in [6, 6.07) is 2.03. The van der Waals surface area contributed by atoms with Crippen LogP contribution in [0.1, 0.15) is 5.56 Å². The molecule has 2 aromatic rings. The Balaban J connectivity index is 2.17. The summed E-state index contributed by atoms with van der Waals surface area (Å²) in [5, 5.41) is 4.09. The highest BCUT2D eigenvalue weighted by Crippen LogP contribution is 2.13. The van der Waals surface area contributed by atoms with Crippen LogP contribution in [0.3, 0.4) is 0 Å². The number of aryl methyl sites for hydroxylation is 2. The lowest BCUT2D eigenvalue weighted by Crippen LogP contribution is -2.22. The maximum absolute atomic E-state index is 11.7. The Labute approximate surface area is 106 Å². The van der Waals surface area contributed by atoms with E-state index in [-0.39, 0.29) is 15.7 Å².